The summed E-state index contributed by atoms with van der Waals surface area (Å²) in [6.07, 6.45) is 12.8. The molecule has 1 fully saturated rings. The molecular weight excluding hydrogens is 528 g/mol. The molecule has 0 spiro atoms. The molecule has 0 atom stereocenters. The van der Waals surface area contributed by atoms with Crippen molar-refractivity contribution in [2.24, 2.45) is 0 Å². The number of para-hydroxylation sites is 1. The lowest BCUT2D eigenvalue weighted by Crippen LogP contribution is -2.48. The second-order valence-electron chi connectivity index (χ2n) is 11.2. The first kappa shape index (κ1) is 29.5. The van der Waals surface area contributed by atoms with Gasteiger partial charge >= 0.3 is 0 Å². The number of carbonyl (C=O) groups excluding carboxylic acids is 1. The Balaban J connectivity index is 1.01. The second kappa shape index (κ2) is 14.8. The van der Waals surface area contributed by atoms with Crippen LogP contribution in [0.1, 0.15) is 62.0 Å². The van der Waals surface area contributed by atoms with Crippen LogP contribution in [0.2, 0.25) is 0 Å². The van der Waals surface area contributed by atoms with Crippen molar-refractivity contribution in [2.45, 2.75) is 65.1 Å². The quantitative estimate of drug-likeness (QED) is 0.228. The number of benzene rings is 1. The second-order valence-corrected chi connectivity index (χ2v) is 11.2. The molecule has 1 saturated heterocycles. The molecule has 222 valence electrons. The molecule has 42 heavy (non-hydrogen) atoms. The highest BCUT2D eigenvalue weighted by Gasteiger charge is 2.20. The van der Waals surface area contributed by atoms with E-state index >= 15 is 0 Å². The maximum Gasteiger partial charge on any atom is 0.253 e. The summed E-state index contributed by atoms with van der Waals surface area (Å²) in [5.41, 5.74) is 4.10. The Labute approximate surface area is 247 Å². The average molecular weight is 571 g/mol. The van der Waals surface area contributed by atoms with Gasteiger partial charge in [-0.3, -0.25) is 24.3 Å². The average Bonchev–Trinajstić information content (AvgIpc) is 3.69. The zero-order chi connectivity index (χ0) is 29.1. The lowest BCUT2D eigenvalue weighted by Gasteiger charge is -2.36. The van der Waals surface area contributed by atoms with Crippen LogP contribution in [0.5, 0.6) is 0 Å². The minimum Gasteiger partial charge on any atom is -0.352 e. The molecule has 1 aromatic carbocycles. The van der Waals surface area contributed by atoms with Gasteiger partial charge in [0, 0.05) is 69.8 Å². The third-order valence-electron chi connectivity index (χ3n) is 7.80. The van der Waals surface area contributed by atoms with E-state index in [4.69, 9.17) is 0 Å². The van der Waals surface area contributed by atoms with Crippen molar-refractivity contribution in [1.29, 1.82) is 0 Å². The summed E-state index contributed by atoms with van der Waals surface area (Å²) in [6, 6.07) is 12.1. The van der Waals surface area contributed by atoms with E-state index in [2.05, 4.69) is 54.6 Å². The number of carbonyl (C=O) groups is 1. The Kier molecular flexibility index (Phi) is 10.4. The number of piperazine rings is 1. The minimum absolute atomic E-state index is 0.0805. The zero-order valence-electron chi connectivity index (χ0n) is 24.8. The van der Waals surface area contributed by atoms with Crippen molar-refractivity contribution in [1.82, 2.24) is 50.1 Å². The van der Waals surface area contributed by atoms with E-state index in [9.17, 15) is 4.79 Å². The van der Waals surface area contributed by atoms with Crippen LogP contribution in [0.15, 0.2) is 61.2 Å². The first-order valence-electron chi connectivity index (χ1n) is 15.1. The van der Waals surface area contributed by atoms with Gasteiger partial charge in [0.2, 0.25) is 0 Å². The fraction of sp³-hybridized carbons (Fsp3) is 0.484. The number of pyridine rings is 1. The number of hydrogen-bond acceptors (Lipinski definition) is 8. The molecule has 0 unspecified atom stereocenters. The minimum atomic E-state index is -0.0805. The number of unbranched alkanes of at least 4 members (excludes halogenated alkanes) is 4. The molecule has 3 aromatic heterocycles. The van der Waals surface area contributed by atoms with Gasteiger partial charge in [0.15, 0.2) is 0 Å². The Morgan fingerprint density at radius 3 is 2.52 bits per heavy atom. The standard InChI is InChI=1S/C31H42N10O/c1-25(2)39-19-17-38(18-20-39)22-27-23-41(37-34-27)30-13-7-6-12-28(30)31(42)33-15-8-4-3-5-9-16-40-24-29(35-36-40)26-11-10-14-32-21-26/h6-7,10-14,21,23-25H,3-5,8-9,15-20,22H2,1-2H3,(H,33,42). The van der Waals surface area contributed by atoms with Gasteiger partial charge in [-0.2, -0.15) is 0 Å². The Morgan fingerprint density at radius 1 is 0.905 bits per heavy atom. The highest BCUT2D eigenvalue weighted by Crippen LogP contribution is 2.16. The van der Waals surface area contributed by atoms with E-state index < -0.39 is 0 Å². The molecule has 11 heteroatoms. The number of nitrogens with zero attached hydrogens (tertiary/aromatic N) is 9. The third-order valence-corrected chi connectivity index (χ3v) is 7.80. The van der Waals surface area contributed by atoms with Crippen LogP contribution >= 0.6 is 0 Å². The fourth-order valence-electron chi connectivity index (χ4n) is 5.30. The number of nitrogens with one attached hydrogen (secondary N) is 1. The van der Waals surface area contributed by atoms with Gasteiger partial charge in [0.05, 0.1) is 29.3 Å². The van der Waals surface area contributed by atoms with Crippen LogP contribution in [0.3, 0.4) is 0 Å². The molecule has 0 radical (unpaired) electrons. The van der Waals surface area contributed by atoms with E-state index in [-0.39, 0.29) is 5.91 Å². The maximum atomic E-state index is 13.0. The van der Waals surface area contributed by atoms with Gasteiger partial charge in [-0.05, 0) is 51.0 Å². The zero-order valence-corrected chi connectivity index (χ0v) is 24.8. The Morgan fingerprint density at radius 2 is 1.71 bits per heavy atom. The van der Waals surface area contributed by atoms with Gasteiger partial charge in [0.25, 0.3) is 5.91 Å². The molecule has 0 saturated carbocycles. The van der Waals surface area contributed by atoms with Crippen molar-refractivity contribution in [2.75, 3.05) is 32.7 Å². The van der Waals surface area contributed by atoms with E-state index in [1.165, 1.54) is 0 Å². The fourth-order valence-corrected chi connectivity index (χ4v) is 5.30. The number of amides is 1. The van der Waals surface area contributed by atoms with Crippen molar-refractivity contribution in [3.05, 3.63) is 72.4 Å². The SMILES string of the molecule is CC(C)N1CCN(Cc2cn(-c3ccccc3C(=O)NCCCCCCCn3cc(-c4cccnc4)nn3)nn2)CC1. The molecule has 0 aliphatic carbocycles. The molecule has 4 heterocycles. The molecule has 11 nitrogen and oxygen atoms in total. The molecule has 4 aromatic rings. The first-order chi connectivity index (χ1) is 20.6. The van der Waals surface area contributed by atoms with Crippen LogP contribution < -0.4 is 5.32 Å². The Hall–Kier alpha value is -3.96. The summed E-state index contributed by atoms with van der Waals surface area (Å²) in [6.45, 7) is 11.0. The monoisotopic (exact) mass is 570 g/mol. The van der Waals surface area contributed by atoms with Gasteiger partial charge < -0.3 is 5.32 Å². The van der Waals surface area contributed by atoms with E-state index in [1.54, 1.807) is 17.1 Å². The van der Waals surface area contributed by atoms with E-state index in [0.29, 0.717) is 18.2 Å². The summed E-state index contributed by atoms with van der Waals surface area (Å²) in [7, 11) is 0. The Bertz CT molecular complexity index is 1390. The molecule has 1 aliphatic heterocycles. The number of hydrogen-bond donors (Lipinski definition) is 1. The van der Waals surface area contributed by atoms with Crippen LogP contribution in [0.4, 0.5) is 0 Å². The lowest BCUT2D eigenvalue weighted by atomic mass is 10.1. The smallest absolute Gasteiger partial charge is 0.253 e. The summed E-state index contributed by atoms with van der Waals surface area (Å²) in [4.78, 5) is 22.1. The number of aryl methyl sites for hydroxylation is 1. The maximum absolute atomic E-state index is 13.0. The highest BCUT2D eigenvalue weighted by atomic mass is 16.1. The van der Waals surface area contributed by atoms with Crippen LogP contribution in [0, 0.1) is 0 Å². The molecule has 1 amide bonds. The predicted molar refractivity (Wildman–Crippen MR) is 162 cm³/mol. The van der Waals surface area contributed by atoms with Gasteiger partial charge in [-0.1, -0.05) is 41.8 Å². The number of aromatic nitrogens is 7. The van der Waals surface area contributed by atoms with Crippen LogP contribution in [0.25, 0.3) is 16.9 Å². The van der Waals surface area contributed by atoms with Crippen molar-refractivity contribution >= 4 is 5.91 Å². The lowest BCUT2D eigenvalue weighted by molar-refractivity contribution is 0.0952. The third kappa shape index (κ3) is 8.07. The largest absolute Gasteiger partial charge is 0.352 e. The molecular formula is C31H42N10O. The topological polar surface area (TPSA) is 110 Å². The summed E-state index contributed by atoms with van der Waals surface area (Å²) < 4.78 is 3.62. The van der Waals surface area contributed by atoms with E-state index in [0.717, 1.165) is 94.0 Å². The van der Waals surface area contributed by atoms with Crippen molar-refractivity contribution in [3.63, 3.8) is 0 Å². The summed E-state index contributed by atoms with van der Waals surface area (Å²) >= 11 is 0. The van der Waals surface area contributed by atoms with Gasteiger partial charge in [-0.15, -0.1) is 10.2 Å². The normalized spacial score (nSPS) is 14.5. The molecule has 1 N–H and O–H groups in total. The van der Waals surface area contributed by atoms with Gasteiger partial charge in [-0.25, -0.2) is 4.68 Å². The summed E-state index contributed by atoms with van der Waals surface area (Å²) in [5.74, 6) is -0.0805. The summed E-state index contributed by atoms with van der Waals surface area (Å²) in [5, 5.41) is 20.3. The highest BCUT2D eigenvalue weighted by molar-refractivity contribution is 5.97. The first-order valence-corrected chi connectivity index (χ1v) is 15.1. The van der Waals surface area contributed by atoms with Crippen LogP contribution in [-0.4, -0.2) is 89.4 Å². The molecule has 5 rings (SSSR count). The van der Waals surface area contributed by atoms with Gasteiger partial charge in [0.1, 0.15) is 5.69 Å². The van der Waals surface area contributed by atoms with Crippen molar-refractivity contribution < 1.29 is 4.79 Å². The van der Waals surface area contributed by atoms with Crippen LogP contribution in [-0.2, 0) is 13.1 Å². The molecule has 1 aliphatic rings. The van der Waals surface area contributed by atoms with E-state index in [1.807, 2.05) is 53.5 Å². The predicted octanol–water partition coefficient (Wildman–Crippen LogP) is 3.83. The molecule has 0 bridgehead atoms. The van der Waals surface area contributed by atoms with Crippen molar-refractivity contribution in [3.8, 4) is 16.9 Å². The number of rotatable bonds is 14.